The molecule has 0 saturated heterocycles. The summed E-state index contributed by atoms with van der Waals surface area (Å²) in [7, 11) is 0. The van der Waals surface area contributed by atoms with Crippen molar-refractivity contribution in [3.63, 3.8) is 0 Å². The predicted molar refractivity (Wildman–Crippen MR) is 61.9 cm³/mol. The topological polar surface area (TPSA) is 92.4 Å². The largest absolute Gasteiger partial charge is 0.480 e. The number of carbonyl (C=O) groups excluding carboxylic acids is 1. The summed E-state index contributed by atoms with van der Waals surface area (Å²) < 4.78 is 0. The SMILES string of the molecule is CC(C)C[C@H](NC(=O)CC(C)(C)N)C(=O)O. The molecule has 0 heterocycles. The molecule has 0 aromatic heterocycles. The molecule has 0 bridgehead atoms. The zero-order valence-corrected chi connectivity index (χ0v) is 10.4. The lowest BCUT2D eigenvalue weighted by Gasteiger charge is -2.21. The third kappa shape index (κ3) is 7.23. The van der Waals surface area contributed by atoms with E-state index in [4.69, 9.17) is 10.8 Å². The zero-order chi connectivity index (χ0) is 12.9. The Labute approximate surface area is 96.4 Å². The molecule has 16 heavy (non-hydrogen) atoms. The van der Waals surface area contributed by atoms with Crippen molar-refractivity contribution < 1.29 is 14.7 Å². The number of carboxylic acids is 1. The number of hydrogen-bond acceptors (Lipinski definition) is 3. The van der Waals surface area contributed by atoms with Gasteiger partial charge in [0.15, 0.2) is 0 Å². The highest BCUT2D eigenvalue weighted by Crippen LogP contribution is 2.07. The summed E-state index contributed by atoms with van der Waals surface area (Å²) in [6.07, 6.45) is 0.543. The normalized spacial score (nSPS) is 13.6. The van der Waals surface area contributed by atoms with Gasteiger partial charge in [0, 0.05) is 12.0 Å². The Hall–Kier alpha value is -1.10. The number of nitrogens with two attached hydrogens (primary N) is 1. The summed E-state index contributed by atoms with van der Waals surface area (Å²) in [6.45, 7) is 7.28. The van der Waals surface area contributed by atoms with Crippen LogP contribution in [-0.4, -0.2) is 28.6 Å². The van der Waals surface area contributed by atoms with Crippen molar-refractivity contribution in [3.05, 3.63) is 0 Å². The maximum Gasteiger partial charge on any atom is 0.326 e. The Bertz CT molecular complexity index is 256. The van der Waals surface area contributed by atoms with Gasteiger partial charge in [-0.1, -0.05) is 13.8 Å². The quantitative estimate of drug-likeness (QED) is 0.627. The van der Waals surface area contributed by atoms with Gasteiger partial charge in [-0.3, -0.25) is 4.79 Å². The molecule has 0 fully saturated rings. The number of hydrogen-bond donors (Lipinski definition) is 3. The lowest BCUT2D eigenvalue weighted by atomic mass is 10.00. The number of nitrogens with one attached hydrogen (secondary N) is 1. The third-order valence-corrected chi connectivity index (χ3v) is 1.96. The molecule has 0 aromatic rings. The first kappa shape index (κ1) is 14.9. The van der Waals surface area contributed by atoms with Crippen molar-refractivity contribution in [1.29, 1.82) is 0 Å². The molecule has 0 aromatic carbocycles. The molecule has 5 heteroatoms. The Morgan fingerprint density at radius 1 is 1.38 bits per heavy atom. The molecule has 0 spiro atoms. The minimum absolute atomic E-state index is 0.120. The van der Waals surface area contributed by atoms with Crippen LogP contribution in [0.4, 0.5) is 0 Å². The monoisotopic (exact) mass is 230 g/mol. The maximum absolute atomic E-state index is 11.5. The summed E-state index contributed by atoms with van der Waals surface area (Å²) in [4.78, 5) is 22.4. The van der Waals surface area contributed by atoms with Crippen molar-refractivity contribution in [3.8, 4) is 0 Å². The predicted octanol–water partition coefficient (Wildman–Crippen LogP) is 0.729. The average molecular weight is 230 g/mol. The van der Waals surface area contributed by atoms with Crippen LogP contribution in [0.2, 0.25) is 0 Å². The Morgan fingerprint density at radius 2 is 1.88 bits per heavy atom. The van der Waals surface area contributed by atoms with Crippen LogP contribution in [0.5, 0.6) is 0 Å². The van der Waals surface area contributed by atoms with Crippen LogP contribution in [0.15, 0.2) is 0 Å². The van der Waals surface area contributed by atoms with Crippen LogP contribution in [0, 0.1) is 5.92 Å². The van der Waals surface area contributed by atoms with Gasteiger partial charge in [-0.25, -0.2) is 4.79 Å². The Balaban J connectivity index is 4.30. The standard InChI is InChI=1S/C11H22N2O3/c1-7(2)5-8(10(15)16)13-9(14)6-11(3,4)12/h7-8H,5-6,12H2,1-4H3,(H,13,14)(H,15,16)/t8-/m0/s1. The number of carboxylic acid groups (broad SMARTS) is 1. The first-order valence-corrected chi connectivity index (χ1v) is 5.43. The molecule has 0 unspecified atom stereocenters. The summed E-state index contributed by atoms with van der Waals surface area (Å²) in [5, 5.41) is 11.4. The van der Waals surface area contributed by atoms with Crippen LogP contribution in [0.25, 0.3) is 0 Å². The zero-order valence-electron chi connectivity index (χ0n) is 10.4. The molecular formula is C11H22N2O3. The van der Waals surface area contributed by atoms with Gasteiger partial charge >= 0.3 is 5.97 Å². The number of amides is 1. The number of aliphatic carboxylic acids is 1. The fraction of sp³-hybridized carbons (Fsp3) is 0.818. The first-order chi connectivity index (χ1) is 7.11. The van der Waals surface area contributed by atoms with Gasteiger partial charge in [-0.05, 0) is 26.2 Å². The van der Waals surface area contributed by atoms with E-state index in [0.29, 0.717) is 6.42 Å². The van der Waals surface area contributed by atoms with E-state index in [2.05, 4.69) is 5.32 Å². The van der Waals surface area contributed by atoms with Crippen LogP contribution < -0.4 is 11.1 Å². The highest BCUT2D eigenvalue weighted by Gasteiger charge is 2.23. The van der Waals surface area contributed by atoms with Gasteiger partial charge in [-0.15, -0.1) is 0 Å². The van der Waals surface area contributed by atoms with Crippen LogP contribution in [-0.2, 0) is 9.59 Å². The summed E-state index contributed by atoms with van der Waals surface area (Å²) >= 11 is 0. The highest BCUT2D eigenvalue weighted by atomic mass is 16.4. The molecule has 0 saturated carbocycles. The van der Waals surface area contributed by atoms with Gasteiger partial charge in [0.05, 0.1) is 0 Å². The Kier molecular flexibility index (Phi) is 5.44. The summed E-state index contributed by atoms with van der Waals surface area (Å²) in [5.74, 6) is -1.11. The minimum Gasteiger partial charge on any atom is -0.480 e. The maximum atomic E-state index is 11.5. The van der Waals surface area contributed by atoms with Crippen LogP contribution in [0.1, 0.15) is 40.5 Å². The molecule has 1 atom stereocenters. The fourth-order valence-electron chi connectivity index (χ4n) is 1.35. The van der Waals surface area contributed by atoms with E-state index in [1.807, 2.05) is 13.8 Å². The molecule has 4 N–H and O–H groups in total. The lowest BCUT2D eigenvalue weighted by molar-refractivity contribution is -0.142. The minimum atomic E-state index is -1.00. The van der Waals surface area contributed by atoms with E-state index in [-0.39, 0.29) is 18.2 Å². The molecule has 0 aliphatic heterocycles. The number of carbonyl (C=O) groups is 2. The smallest absolute Gasteiger partial charge is 0.326 e. The van der Waals surface area contributed by atoms with Crippen molar-refractivity contribution in [2.45, 2.75) is 52.1 Å². The first-order valence-electron chi connectivity index (χ1n) is 5.43. The third-order valence-electron chi connectivity index (χ3n) is 1.96. The summed E-state index contributed by atoms with van der Waals surface area (Å²) in [5.41, 5.74) is 5.06. The molecule has 0 aliphatic carbocycles. The van der Waals surface area contributed by atoms with Gasteiger partial charge in [0.2, 0.25) is 5.91 Å². The van der Waals surface area contributed by atoms with Crippen molar-refractivity contribution >= 4 is 11.9 Å². The second-order valence-corrected chi connectivity index (χ2v) is 5.25. The molecular weight excluding hydrogens is 208 g/mol. The second kappa shape index (κ2) is 5.84. The second-order valence-electron chi connectivity index (χ2n) is 5.25. The number of rotatable bonds is 6. The van der Waals surface area contributed by atoms with Gasteiger partial charge in [0.25, 0.3) is 0 Å². The van der Waals surface area contributed by atoms with Crippen molar-refractivity contribution in [2.75, 3.05) is 0 Å². The molecule has 0 aliphatic rings. The van der Waals surface area contributed by atoms with E-state index in [1.165, 1.54) is 0 Å². The van der Waals surface area contributed by atoms with E-state index >= 15 is 0 Å². The van der Waals surface area contributed by atoms with Gasteiger partial charge in [-0.2, -0.15) is 0 Å². The van der Waals surface area contributed by atoms with E-state index in [1.54, 1.807) is 13.8 Å². The van der Waals surface area contributed by atoms with E-state index < -0.39 is 17.6 Å². The fourth-order valence-corrected chi connectivity index (χ4v) is 1.35. The summed E-state index contributed by atoms with van der Waals surface area (Å²) in [6, 6.07) is -0.824. The molecule has 0 radical (unpaired) electrons. The van der Waals surface area contributed by atoms with Crippen molar-refractivity contribution in [2.24, 2.45) is 11.7 Å². The highest BCUT2D eigenvalue weighted by molar-refractivity contribution is 5.84. The van der Waals surface area contributed by atoms with Gasteiger partial charge in [0.1, 0.15) is 6.04 Å². The van der Waals surface area contributed by atoms with E-state index in [0.717, 1.165) is 0 Å². The Morgan fingerprint density at radius 3 is 2.19 bits per heavy atom. The average Bonchev–Trinajstić information content (AvgIpc) is 1.97. The molecule has 5 nitrogen and oxygen atoms in total. The lowest BCUT2D eigenvalue weighted by Crippen LogP contribution is -2.46. The van der Waals surface area contributed by atoms with Gasteiger partial charge < -0.3 is 16.2 Å². The van der Waals surface area contributed by atoms with E-state index in [9.17, 15) is 9.59 Å². The molecule has 94 valence electrons. The van der Waals surface area contributed by atoms with Crippen LogP contribution >= 0.6 is 0 Å². The molecule has 1 amide bonds. The van der Waals surface area contributed by atoms with Crippen LogP contribution in [0.3, 0.4) is 0 Å². The molecule has 0 rings (SSSR count). The van der Waals surface area contributed by atoms with Crippen molar-refractivity contribution in [1.82, 2.24) is 5.32 Å².